The van der Waals surface area contributed by atoms with Crippen LogP contribution in [-0.2, 0) is 0 Å². The zero-order valence-electron chi connectivity index (χ0n) is 12.3. The molecule has 0 spiro atoms. The Morgan fingerprint density at radius 1 is 1.15 bits per heavy atom. The van der Waals surface area contributed by atoms with Gasteiger partial charge in [0.2, 0.25) is 0 Å². The highest BCUT2D eigenvalue weighted by molar-refractivity contribution is 5.75. The van der Waals surface area contributed by atoms with E-state index in [1.165, 1.54) is 42.7 Å². The van der Waals surface area contributed by atoms with Crippen molar-refractivity contribution in [2.45, 2.75) is 24.8 Å². The van der Waals surface area contributed by atoms with Crippen LogP contribution in [0.15, 0.2) is 18.2 Å². The summed E-state index contributed by atoms with van der Waals surface area (Å²) in [5, 5.41) is 0. The van der Waals surface area contributed by atoms with E-state index in [9.17, 15) is 0 Å². The lowest BCUT2D eigenvalue weighted by Gasteiger charge is -2.25. The van der Waals surface area contributed by atoms with E-state index >= 15 is 0 Å². The van der Waals surface area contributed by atoms with Gasteiger partial charge in [0.25, 0.3) is 0 Å². The molecule has 0 radical (unpaired) electrons. The largest absolute Gasteiger partial charge is 0.489 e. The molecule has 2 unspecified atom stereocenters. The minimum atomic E-state index is 0.650. The van der Waals surface area contributed by atoms with Crippen molar-refractivity contribution in [3.63, 3.8) is 0 Å². The van der Waals surface area contributed by atoms with Gasteiger partial charge in [-0.1, -0.05) is 6.08 Å². The molecule has 0 bridgehead atoms. The Bertz CT molecular complexity index is 566. The van der Waals surface area contributed by atoms with E-state index < -0.39 is 0 Å². The van der Waals surface area contributed by atoms with Crippen molar-refractivity contribution >= 4 is 11.8 Å². The predicted molar refractivity (Wildman–Crippen MR) is 82.6 cm³/mol. The molecule has 1 aromatic carbocycles. The number of hydrogen-bond donors (Lipinski definition) is 0. The maximum Gasteiger partial charge on any atom is 0.127 e. The highest BCUT2D eigenvalue weighted by Crippen LogP contribution is 2.49. The summed E-state index contributed by atoms with van der Waals surface area (Å²) in [5.41, 5.74) is 4.28. The first-order valence-electron chi connectivity index (χ1n) is 7.63. The highest BCUT2D eigenvalue weighted by Gasteiger charge is 2.39. The molecule has 1 saturated heterocycles. The van der Waals surface area contributed by atoms with Crippen molar-refractivity contribution in [1.82, 2.24) is 4.90 Å². The second-order valence-electron chi connectivity index (χ2n) is 6.29. The van der Waals surface area contributed by atoms with E-state index in [2.05, 4.69) is 48.2 Å². The number of rotatable bonds is 0. The zero-order chi connectivity index (χ0) is 13.7. The average Bonchev–Trinajstić information content (AvgIpc) is 2.61. The average molecular weight is 270 g/mol. The van der Waals surface area contributed by atoms with Crippen LogP contribution in [0.25, 0.3) is 6.08 Å². The minimum Gasteiger partial charge on any atom is -0.489 e. The molecular weight excluding hydrogens is 248 g/mol. The van der Waals surface area contributed by atoms with Crippen LogP contribution in [0.5, 0.6) is 5.75 Å². The quantitative estimate of drug-likeness (QED) is 0.721. The summed E-state index contributed by atoms with van der Waals surface area (Å²) in [6, 6.07) is 5.05. The minimum absolute atomic E-state index is 0.650. The molecule has 1 fully saturated rings. The number of ether oxygens (including phenoxy) is 1. The Labute approximate surface area is 120 Å². The molecule has 0 saturated carbocycles. The third-order valence-electron chi connectivity index (χ3n) is 5.18. The van der Waals surface area contributed by atoms with Gasteiger partial charge in [-0.05, 0) is 56.8 Å². The maximum atomic E-state index is 5.80. The highest BCUT2D eigenvalue weighted by atomic mass is 16.5. The van der Waals surface area contributed by atoms with Crippen LogP contribution >= 0.6 is 0 Å². The number of likely N-dealkylation sites (N-methyl/N-ethyl adjacent to an activating group) is 1. The van der Waals surface area contributed by atoms with Gasteiger partial charge in [-0.2, -0.15) is 0 Å². The van der Waals surface area contributed by atoms with E-state index in [0.717, 1.165) is 5.75 Å². The van der Waals surface area contributed by atoms with Crippen LogP contribution in [0.1, 0.15) is 29.9 Å². The molecule has 2 atom stereocenters. The monoisotopic (exact) mass is 270 g/mol. The van der Waals surface area contributed by atoms with Gasteiger partial charge in [0, 0.05) is 30.3 Å². The van der Waals surface area contributed by atoms with Crippen molar-refractivity contribution in [3.8, 4) is 5.75 Å². The molecule has 106 valence electrons. The molecule has 0 aromatic heterocycles. The van der Waals surface area contributed by atoms with E-state index in [1.54, 1.807) is 0 Å². The number of benzene rings is 1. The Morgan fingerprint density at radius 2 is 2.00 bits per heavy atom. The molecule has 4 rings (SSSR count). The fourth-order valence-corrected chi connectivity index (χ4v) is 4.10. The number of hydrogen-bond acceptors (Lipinski definition) is 3. The third kappa shape index (κ3) is 1.69. The van der Waals surface area contributed by atoms with Gasteiger partial charge < -0.3 is 14.5 Å². The Balaban J connectivity index is 1.83. The number of anilines is 1. The standard InChI is InChI=1S/C17H22N2O/c1-18-9-7-12-14(8-10-18)19(2)15-5-6-16-13(17(12)15)4-3-11-20-16/h3-6,12,14H,7-11H2,1-2H3. The van der Waals surface area contributed by atoms with Crippen molar-refractivity contribution in [2.24, 2.45) is 0 Å². The van der Waals surface area contributed by atoms with Crippen LogP contribution < -0.4 is 9.64 Å². The fourth-order valence-electron chi connectivity index (χ4n) is 4.10. The molecule has 1 aromatic rings. The summed E-state index contributed by atoms with van der Waals surface area (Å²) in [6.45, 7) is 3.11. The molecule has 3 aliphatic rings. The first kappa shape index (κ1) is 12.3. The van der Waals surface area contributed by atoms with Crippen molar-refractivity contribution < 1.29 is 4.74 Å². The van der Waals surface area contributed by atoms with E-state index in [4.69, 9.17) is 4.74 Å². The predicted octanol–water partition coefficient (Wildman–Crippen LogP) is 2.72. The lowest BCUT2D eigenvalue weighted by molar-refractivity contribution is 0.345. The van der Waals surface area contributed by atoms with Crippen molar-refractivity contribution in [3.05, 3.63) is 29.3 Å². The maximum absolute atomic E-state index is 5.80. The Hall–Kier alpha value is -1.48. The summed E-state index contributed by atoms with van der Waals surface area (Å²) in [5.74, 6) is 1.72. The second-order valence-corrected chi connectivity index (χ2v) is 6.29. The smallest absolute Gasteiger partial charge is 0.127 e. The lowest BCUT2D eigenvalue weighted by atomic mass is 9.87. The summed E-state index contributed by atoms with van der Waals surface area (Å²) in [7, 11) is 4.50. The van der Waals surface area contributed by atoms with E-state index in [0.29, 0.717) is 18.6 Å². The van der Waals surface area contributed by atoms with Gasteiger partial charge in [0.1, 0.15) is 12.4 Å². The van der Waals surface area contributed by atoms with Crippen molar-refractivity contribution in [2.75, 3.05) is 38.7 Å². The van der Waals surface area contributed by atoms with Gasteiger partial charge in [-0.15, -0.1) is 0 Å². The Kier molecular flexibility index (Phi) is 2.77. The molecular formula is C17H22N2O. The van der Waals surface area contributed by atoms with E-state index in [-0.39, 0.29) is 0 Å². The molecule has 0 amide bonds. The van der Waals surface area contributed by atoms with E-state index in [1.807, 2.05) is 0 Å². The van der Waals surface area contributed by atoms with Gasteiger partial charge in [-0.3, -0.25) is 0 Å². The van der Waals surface area contributed by atoms with Gasteiger partial charge in [0.15, 0.2) is 0 Å². The lowest BCUT2D eigenvalue weighted by Crippen LogP contribution is -2.31. The van der Waals surface area contributed by atoms with Crippen LogP contribution in [0.3, 0.4) is 0 Å². The molecule has 0 N–H and O–H groups in total. The molecule has 3 nitrogen and oxygen atoms in total. The van der Waals surface area contributed by atoms with Crippen molar-refractivity contribution in [1.29, 1.82) is 0 Å². The molecule has 3 heteroatoms. The van der Waals surface area contributed by atoms with Crippen LogP contribution in [-0.4, -0.2) is 44.7 Å². The summed E-state index contributed by atoms with van der Waals surface area (Å²) < 4.78 is 5.80. The SMILES string of the molecule is CN1CCC2c3c(ccc4c3C=CCO4)N(C)C2CC1. The van der Waals surface area contributed by atoms with Gasteiger partial charge in [0.05, 0.1) is 0 Å². The van der Waals surface area contributed by atoms with Crippen LogP contribution in [0.2, 0.25) is 0 Å². The normalized spacial score (nSPS) is 28.4. The number of fused-ring (bicyclic) bond motifs is 5. The zero-order valence-corrected chi connectivity index (χ0v) is 12.3. The first-order valence-corrected chi connectivity index (χ1v) is 7.63. The molecule has 20 heavy (non-hydrogen) atoms. The van der Waals surface area contributed by atoms with Gasteiger partial charge in [-0.25, -0.2) is 0 Å². The molecule has 3 heterocycles. The third-order valence-corrected chi connectivity index (χ3v) is 5.18. The molecule has 3 aliphatic heterocycles. The summed E-state index contributed by atoms with van der Waals surface area (Å²) in [4.78, 5) is 4.97. The topological polar surface area (TPSA) is 15.7 Å². The molecule has 0 aliphatic carbocycles. The Morgan fingerprint density at radius 3 is 2.90 bits per heavy atom. The van der Waals surface area contributed by atoms with Crippen LogP contribution in [0.4, 0.5) is 5.69 Å². The van der Waals surface area contributed by atoms with Crippen LogP contribution in [0, 0.1) is 0 Å². The fraction of sp³-hybridized carbons (Fsp3) is 0.529. The first-order chi connectivity index (χ1) is 9.75. The van der Waals surface area contributed by atoms with Gasteiger partial charge >= 0.3 is 0 Å². The summed E-state index contributed by atoms with van der Waals surface area (Å²) >= 11 is 0. The summed E-state index contributed by atoms with van der Waals surface area (Å²) in [6.07, 6.45) is 6.91. The number of nitrogens with zero attached hydrogens (tertiary/aromatic N) is 2. The number of likely N-dealkylation sites (tertiary alicyclic amines) is 1. The second kappa shape index (κ2) is 4.52.